The van der Waals surface area contributed by atoms with E-state index in [1.165, 1.54) is 0 Å². The fraction of sp³-hybridized carbons (Fsp3) is 0.438. The fourth-order valence-corrected chi connectivity index (χ4v) is 2.52. The van der Waals surface area contributed by atoms with Crippen molar-refractivity contribution in [2.75, 3.05) is 33.0 Å². The van der Waals surface area contributed by atoms with Crippen LogP contribution in [0.2, 0.25) is 0 Å². The molecule has 9 nitrogen and oxygen atoms in total. The third kappa shape index (κ3) is 13.2. The lowest BCUT2D eigenvalue weighted by molar-refractivity contribution is -0.139. The molecule has 0 fully saturated rings. The molecule has 0 saturated carbocycles. The molecule has 0 heterocycles. The second-order valence-corrected chi connectivity index (χ2v) is 5.88. The number of hydrogen-bond donors (Lipinski definition) is 0. The van der Waals surface area contributed by atoms with Crippen LogP contribution in [-0.2, 0) is 40.0 Å². The molecule has 26 heavy (non-hydrogen) atoms. The Morgan fingerprint density at radius 2 is 1.35 bits per heavy atom. The summed E-state index contributed by atoms with van der Waals surface area (Å²) in [5.41, 5.74) is 0. The molecule has 0 radical (unpaired) electrons. The van der Waals surface area contributed by atoms with E-state index in [1.54, 1.807) is 13.8 Å². The molecule has 0 aromatic carbocycles. The lowest BCUT2D eigenvalue weighted by Crippen LogP contribution is -2.30. The molecule has 0 N–H and O–H groups in total. The van der Waals surface area contributed by atoms with Gasteiger partial charge in [-0.05, 0) is 13.8 Å². The minimum atomic E-state index is -2.72. The number of carbonyl (C=O) groups is 3. The van der Waals surface area contributed by atoms with Gasteiger partial charge in [0, 0.05) is 12.2 Å². The topological polar surface area (TPSA) is 107 Å². The normalized spacial score (nSPS) is 10.5. The van der Waals surface area contributed by atoms with E-state index in [0.29, 0.717) is 0 Å². The second kappa shape index (κ2) is 15.2. The second-order valence-electron chi connectivity index (χ2n) is 4.40. The van der Waals surface area contributed by atoms with E-state index in [0.717, 1.165) is 18.2 Å². The summed E-state index contributed by atoms with van der Waals surface area (Å²) < 4.78 is 30.6. The van der Waals surface area contributed by atoms with Crippen LogP contribution in [-0.4, -0.2) is 66.1 Å². The molecule has 0 aliphatic heterocycles. The minimum Gasteiger partial charge on any atom is -0.602 e. The average molecular weight is 386 g/mol. The number of hydrogen-bond acceptors (Lipinski definition) is 9. The molecular formula is C16H23AlO9. The third-order valence-corrected chi connectivity index (χ3v) is 3.97. The van der Waals surface area contributed by atoms with Gasteiger partial charge in [-0.2, -0.15) is 0 Å². The maximum Gasteiger partial charge on any atom is 1.00 e. The first-order valence-corrected chi connectivity index (χ1v) is 9.17. The van der Waals surface area contributed by atoms with E-state index in [4.69, 9.17) is 25.6 Å². The van der Waals surface area contributed by atoms with E-state index in [-0.39, 0.29) is 38.8 Å². The summed E-state index contributed by atoms with van der Waals surface area (Å²) in [5, 5.41) is 0. The van der Waals surface area contributed by atoms with Gasteiger partial charge in [-0.3, -0.25) is 0 Å². The summed E-state index contributed by atoms with van der Waals surface area (Å²) in [7, 11) is 0. The molecule has 0 amide bonds. The molecule has 0 bridgehead atoms. The first-order chi connectivity index (χ1) is 12.4. The third-order valence-electron chi connectivity index (χ3n) is 2.39. The molecule has 0 rings (SSSR count). The lowest BCUT2D eigenvalue weighted by Gasteiger charge is -2.15. The van der Waals surface area contributed by atoms with Crippen molar-refractivity contribution in [2.24, 2.45) is 0 Å². The summed E-state index contributed by atoms with van der Waals surface area (Å²) in [6.45, 7) is 10.0. The predicted octanol–water partition coefficient (Wildman–Crippen LogP) is 0.946. The quantitative estimate of drug-likeness (QED) is 0.108. The minimum absolute atomic E-state index is 0.0207. The maximum atomic E-state index is 11.4. The summed E-state index contributed by atoms with van der Waals surface area (Å²) in [4.78, 5) is 33.3. The summed E-state index contributed by atoms with van der Waals surface area (Å²) >= 11 is -2.72. The summed E-state index contributed by atoms with van der Waals surface area (Å²) in [5.74, 6) is -1.48. The number of esters is 3. The van der Waals surface area contributed by atoms with Gasteiger partial charge in [0.2, 0.25) is 0 Å². The van der Waals surface area contributed by atoms with E-state index < -0.39 is 33.1 Å². The molecule has 0 saturated heterocycles. The van der Waals surface area contributed by atoms with Gasteiger partial charge in [0.25, 0.3) is 0 Å². The Morgan fingerprint density at radius 1 is 0.846 bits per heavy atom. The number of carbonyl (C=O) groups excluding carboxylic acids is 3. The molecule has 0 unspecified atom stereocenters. The van der Waals surface area contributed by atoms with Gasteiger partial charge in [0.05, 0.1) is 31.7 Å². The van der Waals surface area contributed by atoms with Crippen LogP contribution in [0.4, 0.5) is 0 Å². The first-order valence-electron chi connectivity index (χ1n) is 7.76. The number of ether oxygens (including phenoxy) is 3. The molecule has 0 aliphatic rings. The smallest absolute Gasteiger partial charge is 0.602 e. The SMILES string of the molecule is C=CC(=O)OCC[O][Al]([O]CCOC(=O)C=C)[O]/C(C)=C\C(=O)OCC. The van der Waals surface area contributed by atoms with Crippen molar-refractivity contribution in [3.8, 4) is 0 Å². The highest BCUT2D eigenvalue weighted by atomic mass is 27.3. The monoisotopic (exact) mass is 386 g/mol. The van der Waals surface area contributed by atoms with Crippen molar-refractivity contribution in [2.45, 2.75) is 13.8 Å². The zero-order chi connectivity index (χ0) is 19.8. The van der Waals surface area contributed by atoms with Crippen molar-refractivity contribution in [3.05, 3.63) is 37.1 Å². The first kappa shape index (κ1) is 23.9. The van der Waals surface area contributed by atoms with Crippen LogP contribution in [0.25, 0.3) is 0 Å². The van der Waals surface area contributed by atoms with Gasteiger partial charge >= 0.3 is 33.1 Å². The molecule has 0 aromatic rings. The average Bonchev–Trinajstić information content (AvgIpc) is 2.61. The van der Waals surface area contributed by atoms with E-state index in [2.05, 4.69) is 13.2 Å². The van der Waals surface area contributed by atoms with E-state index >= 15 is 0 Å². The Labute approximate surface area is 157 Å². The van der Waals surface area contributed by atoms with Crippen LogP contribution >= 0.6 is 0 Å². The molecular weight excluding hydrogens is 363 g/mol. The van der Waals surface area contributed by atoms with E-state index in [9.17, 15) is 14.4 Å². The highest BCUT2D eigenvalue weighted by Crippen LogP contribution is 2.03. The molecule has 144 valence electrons. The van der Waals surface area contributed by atoms with Gasteiger partial charge < -0.3 is 25.6 Å². The van der Waals surface area contributed by atoms with Gasteiger partial charge in [-0.25, -0.2) is 14.4 Å². The molecule has 10 heteroatoms. The fourth-order valence-electron chi connectivity index (χ4n) is 1.34. The van der Waals surface area contributed by atoms with Crippen molar-refractivity contribution < 1.29 is 40.0 Å². The number of allylic oxidation sites excluding steroid dienone is 1. The van der Waals surface area contributed by atoms with Crippen molar-refractivity contribution in [3.63, 3.8) is 0 Å². The van der Waals surface area contributed by atoms with Gasteiger partial charge in [0.1, 0.15) is 13.2 Å². The number of rotatable bonds is 14. The highest BCUT2D eigenvalue weighted by molar-refractivity contribution is 6.36. The molecule has 0 spiro atoms. The van der Waals surface area contributed by atoms with Gasteiger partial charge in [-0.15, -0.1) is 0 Å². The van der Waals surface area contributed by atoms with Crippen LogP contribution in [0.5, 0.6) is 0 Å². The Hall–Kier alpha value is -2.12. The van der Waals surface area contributed by atoms with Crippen LogP contribution in [0.1, 0.15) is 13.8 Å². The van der Waals surface area contributed by atoms with Gasteiger partial charge in [-0.1, -0.05) is 13.2 Å². The lowest BCUT2D eigenvalue weighted by atomic mass is 10.5. The Balaban J connectivity index is 4.48. The Bertz CT molecular complexity index is 488. The molecule has 0 atom stereocenters. The zero-order valence-corrected chi connectivity index (χ0v) is 16.1. The van der Waals surface area contributed by atoms with Crippen LogP contribution in [0.15, 0.2) is 37.1 Å². The van der Waals surface area contributed by atoms with Crippen molar-refractivity contribution in [1.82, 2.24) is 0 Å². The van der Waals surface area contributed by atoms with Crippen LogP contribution in [0.3, 0.4) is 0 Å². The summed E-state index contributed by atoms with van der Waals surface area (Å²) in [6, 6.07) is 0. The van der Waals surface area contributed by atoms with E-state index in [1.807, 2.05) is 0 Å². The maximum absolute atomic E-state index is 11.4. The Morgan fingerprint density at radius 3 is 1.77 bits per heavy atom. The highest BCUT2D eigenvalue weighted by Gasteiger charge is 2.35. The van der Waals surface area contributed by atoms with Crippen molar-refractivity contribution in [1.29, 1.82) is 0 Å². The predicted molar refractivity (Wildman–Crippen MR) is 91.4 cm³/mol. The van der Waals surface area contributed by atoms with Crippen LogP contribution in [0, 0.1) is 0 Å². The van der Waals surface area contributed by atoms with Crippen LogP contribution < -0.4 is 0 Å². The standard InChI is InChI=1S/C6H10O3.2C5H7O3.Al/c1-3-9-6(8)4-5(2)7;2*1-2-5(7)8-4-3-6;/h4,7H,3H2,1-2H3;2*2H,1,3-4H2;/q;2*-1;+3/p-1/b5-4-;;;. The molecule has 0 aliphatic carbocycles. The van der Waals surface area contributed by atoms with Crippen molar-refractivity contribution >= 4 is 33.1 Å². The van der Waals surface area contributed by atoms with Gasteiger partial charge in [0.15, 0.2) is 0 Å². The molecule has 0 aromatic heterocycles. The largest absolute Gasteiger partial charge is 1.00 e. The Kier molecular flexibility index (Phi) is 13.9. The zero-order valence-electron chi connectivity index (χ0n) is 14.9. The summed E-state index contributed by atoms with van der Waals surface area (Å²) in [6.07, 6.45) is 3.22.